The number of anilines is 1. The number of nitrogens with zero attached hydrogens (tertiary/aromatic N) is 5. The number of benzene rings is 1. The summed E-state index contributed by atoms with van der Waals surface area (Å²) in [5.41, 5.74) is -2.44. The van der Waals surface area contributed by atoms with Crippen molar-refractivity contribution in [2.45, 2.75) is 51.5 Å². The van der Waals surface area contributed by atoms with Crippen LogP contribution in [0.3, 0.4) is 0 Å². The Morgan fingerprint density at radius 3 is 2.49 bits per heavy atom. The lowest BCUT2D eigenvalue weighted by atomic mass is 9.97. The smallest absolute Gasteiger partial charge is 0.417 e. The van der Waals surface area contributed by atoms with Crippen LogP contribution in [0.1, 0.15) is 55.4 Å². The zero-order valence-electron chi connectivity index (χ0n) is 20.1. The normalized spacial score (nSPS) is 15.1. The molecule has 8 nitrogen and oxygen atoms in total. The number of alkyl halides is 6. The van der Waals surface area contributed by atoms with Gasteiger partial charge in [0.15, 0.2) is 5.82 Å². The summed E-state index contributed by atoms with van der Waals surface area (Å²) in [6.45, 7) is 2.71. The van der Waals surface area contributed by atoms with Gasteiger partial charge in [0.2, 0.25) is 5.89 Å². The van der Waals surface area contributed by atoms with Crippen molar-refractivity contribution < 1.29 is 40.4 Å². The van der Waals surface area contributed by atoms with Gasteiger partial charge in [-0.1, -0.05) is 19.0 Å². The summed E-state index contributed by atoms with van der Waals surface area (Å²) in [7, 11) is 0. The monoisotopic (exact) mass is 533 g/mol. The van der Waals surface area contributed by atoms with E-state index in [0.29, 0.717) is 43.5 Å². The molecular formula is C23H25F6N5O3. The standard InChI is InChI=1S/C23H25F6N5O3/c1-14(2)12-36-21(35)33-7-5-15(6-8-33)20-31-19(32-37-20)11-34(13-22(24,25)26)17-4-3-16(10-30)18(9-17)23(27,28)29/h3-4,9,14-15H,5-8,11-13H2,1-2H3. The van der Waals surface area contributed by atoms with Crippen LogP contribution in [0.15, 0.2) is 22.7 Å². The van der Waals surface area contributed by atoms with Crippen LogP contribution < -0.4 is 4.90 Å². The Bertz CT molecular complexity index is 1120. The minimum atomic E-state index is -4.93. The van der Waals surface area contributed by atoms with Gasteiger partial charge >= 0.3 is 18.4 Å². The lowest BCUT2D eigenvalue weighted by molar-refractivity contribution is -0.137. The Labute approximate surface area is 208 Å². The molecule has 1 aromatic carbocycles. The number of likely N-dealkylation sites (tertiary alicyclic amines) is 1. The minimum absolute atomic E-state index is 0.143. The fourth-order valence-electron chi connectivity index (χ4n) is 3.82. The van der Waals surface area contributed by atoms with Gasteiger partial charge < -0.3 is 19.1 Å². The molecule has 0 aliphatic carbocycles. The minimum Gasteiger partial charge on any atom is -0.449 e. The summed E-state index contributed by atoms with van der Waals surface area (Å²) < 4.78 is 90.2. The summed E-state index contributed by atoms with van der Waals surface area (Å²) in [4.78, 5) is 18.5. The van der Waals surface area contributed by atoms with Crippen molar-refractivity contribution in [3.05, 3.63) is 41.0 Å². The predicted molar refractivity (Wildman–Crippen MR) is 117 cm³/mol. The van der Waals surface area contributed by atoms with E-state index in [4.69, 9.17) is 14.5 Å². The maximum Gasteiger partial charge on any atom is 0.417 e. The first-order valence-electron chi connectivity index (χ1n) is 11.4. The number of halogens is 6. The Morgan fingerprint density at radius 2 is 1.92 bits per heavy atom. The van der Waals surface area contributed by atoms with E-state index >= 15 is 0 Å². The summed E-state index contributed by atoms with van der Waals surface area (Å²) in [5, 5.41) is 12.7. The van der Waals surface area contributed by atoms with Crippen molar-refractivity contribution in [3.8, 4) is 6.07 Å². The molecule has 1 amide bonds. The molecule has 3 rings (SSSR count). The Morgan fingerprint density at radius 1 is 1.24 bits per heavy atom. The molecule has 1 aromatic heterocycles. The third-order valence-electron chi connectivity index (χ3n) is 5.62. The number of nitriles is 1. The first-order valence-corrected chi connectivity index (χ1v) is 11.4. The summed E-state index contributed by atoms with van der Waals surface area (Å²) in [5.74, 6) is -0.0123. The number of hydrogen-bond acceptors (Lipinski definition) is 7. The highest BCUT2D eigenvalue weighted by molar-refractivity contribution is 5.67. The summed E-state index contributed by atoms with van der Waals surface area (Å²) in [6.07, 6.45) is -9.16. The van der Waals surface area contributed by atoms with E-state index in [1.807, 2.05) is 13.8 Å². The zero-order chi connectivity index (χ0) is 27.4. The quantitative estimate of drug-likeness (QED) is 0.434. The highest BCUT2D eigenvalue weighted by atomic mass is 19.4. The van der Waals surface area contributed by atoms with Crippen molar-refractivity contribution in [3.63, 3.8) is 0 Å². The van der Waals surface area contributed by atoms with Gasteiger partial charge in [0, 0.05) is 24.7 Å². The molecule has 2 heterocycles. The molecule has 37 heavy (non-hydrogen) atoms. The molecule has 1 aliphatic heterocycles. The predicted octanol–water partition coefficient (Wildman–Crippen LogP) is 5.50. The molecule has 0 unspecified atom stereocenters. The highest BCUT2D eigenvalue weighted by Gasteiger charge is 2.36. The van der Waals surface area contributed by atoms with Gasteiger partial charge in [-0.25, -0.2) is 4.79 Å². The maximum absolute atomic E-state index is 13.3. The van der Waals surface area contributed by atoms with Crippen LogP contribution in [-0.4, -0.2) is 53.6 Å². The maximum atomic E-state index is 13.3. The van der Waals surface area contributed by atoms with Crippen LogP contribution in [0, 0.1) is 17.2 Å². The van der Waals surface area contributed by atoms with E-state index in [2.05, 4.69) is 10.1 Å². The van der Waals surface area contributed by atoms with E-state index < -0.39 is 48.3 Å². The van der Waals surface area contributed by atoms with Gasteiger partial charge in [0.05, 0.1) is 30.3 Å². The van der Waals surface area contributed by atoms with Crippen LogP contribution in [0.2, 0.25) is 0 Å². The van der Waals surface area contributed by atoms with Crippen molar-refractivity contribution >= 4 is 11.8 Å². The van der Waals surface area contributed by atoms with Crippen molar-refractivity contribution in [2.24, 2.45) is 5.92 Å². The lowest BCUT2D eigenvalue weighted by Gasteiger charge is -2.29. The van der Waals surface area contributed by atoms with E-state index in [-0.39, 0.29) is 23.6 Å². The molecule has 1 aliphatic rings. The Balaban J connectivity index is 1.73. The average Bonchev–Trinajstić information content (AvgIpc) is 3.29. The fourth-order valence-corrected chi connectivity index (χ4v) is 3.82. The van der Waals surface area contributed by atoms with Crippen molar-refractivity contribution in [1.82, 2.24) is 15.0 Å². The lowest BCUT2D eigenvalue weighted by Crippen LogP contribution is -2.38. The molecular weight excluding hydrogens is 508 g/mol. The fraction of sp³-hybridized carbons (Fsp3) is 0.565. The second kappa shape index (κ2) is 11.3. The molecule has 0 atom stereocenters. The Hall–Kier alpha value is -3.50. The molecule has 2 aromatic rings. The van der Waals surface area contributed by atoms with Gasteiger partial charge in [-0.2, -0.15) is 36.6 Å². The molecule has 0 radical (unpaired) electrons. The number of ether oxygens (including phenoxy) is 1. The topological polar surface area (TPSA) is 95.5 Å². The van der Waals surface area contributed by atoms with Crippen LogP contribution in [0.4, 0.5) is 36.8 Å². The molecule has 1 saturated heterocycles. The number of piperidine rings is 1. The highest BCUT2D eigenvalue weighted by Crippen LogP contribution is 2.35. The molecule has 202 valence electrons. The van der Waals surface area contributed by atoms with Crippen molar-refractivity contribution in [2.75, 3.05) is 31.1 Å². The van der Waals surface area contributed by atoms with Crippen LogP contribution >= 0.6 is 0 Å². The summed E-state index contributed by atoms with van der Waals surface area (Å²) in [6, 6.07) is 3.73. The largest absolute Gasteiger partial charge is 0.449 e. The van der Waals surface area contributed by atoms with Gasteiger partial charge in [0.25, 0.3) is 0 Å². The van der Waals surface area contributed by atoms with Gasteiger partial charge in [-0.15, -0.1) is 0 Å². The molecule has 0 spiro atoms. The number of carbonyl (C=O) groups excluding carboxylic acids is 1. The second-order valence-corrected chi connectivity index (χ2v) is 9.09. The number of hydrogen-bond donors (Lipinski definition) is 0. The first kappa shape index (κ1) is 28.1. The molecule has 1 fully saturated rings. The third kappa shape index (κ3) is 7.74. The first-order chi connectivity index (χ1) is 17.3. The third-order valence-corrected chi connectivity index (χ3v) is 5.62. The van der Waals surface area contributed by atoms with Crippen LogP contribution in [0.5, 0.6) is 0 Å². The average molecular weight is 533 g/mol. The van der Waals surface area contributed by atoms with Crippen LogP contribution in [-0.2, 0) is 17.5 Å². The number of aromatic nitrogens is 2. The molecule has 0 saturated carbocycles. The van der Waals surface area contributed by atoms with Gasteiger partial charge in [-0.05, 0) is 37.0 Å². The van der Waals surface area contributed by atoms with E-state index in [1.165, 1.54) is 6.07 Å². The number of carbonyl (C=O) groups is 1. The SMILES string of the molecule is CC(C)COC(=O)N1CCC(c2nc(CN(CC(F)(F)F)c3ccc(C#N)c(C(F)(F)F)c3)no2)CC1. The number of rotatable bonds is 7. The molecule has 0 N–H and O–H groups in total. The van der Waals surface area contributed by atoms with Crippen LogP contribution in [0.25, 0.3) is 0 Å². The second-order valence-electron chi connectivity index (χ2n) is 9.09. The van der Waals surface area contributed by atoms with Gasteiger partial charge in [-0.3, -0.25) is 0 Å². The van der Waals surface area contributed by atoms with E-state index in [0.717, 1.165) is 12.1 Å². The zero-order valence-corrected chi connectivity index (χ0v) is 20.1. The van der Waals surface area contributed by atoms with Crippen molar-refractivity contribution in [1.29, 1.82) is 5.26 Å². The number of amides is 1. The van der Waals surface area contributed by atoms with Gasteiger partial charge in [0.1, 0.15) is 6.54 Å². The summed E-state index contributed by atoms with van der Waals surface area (Å²) >= 11 is 0. The van der Waals surface area contributed by atoms with E-state index in [9.17, 15) is 31.1 Å². The van der Waals surface area contributed by atoms with E-state index in [1.54, 1.807) is 4.90 Å². The molecule has 0 bridgehead atoms. The molecule has 14 heteroatoms. The Kier molecular flexibility index (Phi) is 8.55.